The molecule has 0 bridgehead atoms. The van der Waals surface area contributed by atoms with E-state index in [1.165, 1.54) is 0 Å². The van der Waals surface area contributed by atoms with Crippen LogP contribution in [-0.2, 0) is 10.0 Å². The number of hydrogen-bond donors (Lipinski definition) is 1. The fraction of sp³-hybridized carbons (Fsp3) is 1.00. The number of halogens is 1. The Balaban J connectivity index is 2.25. The fourth-order valence-electron chi connectivity index (χ4n) is 1.79. The van der Waals surface area contributed by atoms with Crippen molar-refractivity contribution in [3.63, 3.8) is 0 Å². The summed E-state index contributed by atoms with van der Waals surface area (Å²) in [6.07, 6.45) is 2.19. The standard InChI is InChI=1S/C9H19BrN2O2S/c1-2-12-5-3-9(4-6-12)7-11-15(13,14)8-10/h9,11H,2-8H2,1H3. The van der Waals surface area contributed by atoms with E-state index in [1.807, 2.05) is 0 Å². The molecule has 1 rings (SSSR count). The number of sulfonamides is 1. The molecule has 0 aromatic carbocycles. The SMILES string of the molecule is CCN1CCC(CNS(=O)(=O)CBr)CC1. The molecule has 0 atom stereocenters. The molecule has 4 nitrogen and oxygen atoms in total. The van der Waals surface area contributed by atoms with Crippen molar-refractivity contribution in [1.29, 1.82) is 0 Å². The average Bonchev–Trinajstić information content (AvgIpc) is 2.27. The summed E-state index contributed by atoms with van der Waals surface area (Å²) in [4.78, 5) is 2.40. The van der Waals surface area contributed by atoms with Gasteiger partial charge in [-0.3, -0.25) is 0 Å². The monoisotopic (exact) mass is 298 g/mol. The maximum atomic E-state index is 11.2. The van der Waals surface area contributed by atoms with Gasteiger partial charge in [-0.15, -0.1) is 0 Å². The molecule has 0 spiro atoms. The number of nitrogens with one attached hydrogen (secondary N) is 1. The van der Waals surface area contributed by atoms with E-state index in [-0.39, 0.29) is 4.66 Å². The van der Waals surface area contributed by atoms with E-state index in [2.05, 4.69) is 32.5 Å². The van der Waals surface area contributed by atoms with Crippen LogP contribution in [0, 0.1) is 5.92 Å². The largest absolute Gasteiger partial charge is 0.304 e. The van der Waals surface area contributed by atoms with Crippen molar-refractivity contribution in [3.05, 3.63) is 0 Å². The van der Waals surface area contributed by atoms with Gasteiger partial charge in [-0.05, 0) is 38.4 Å². The van der Waals surface area contributed by atoms with Gasteiger partial charge in [0.15, 0.2) is 0 Å². The lowest BCUT2D eigenvalue weighted by atomic mass is 9.97. The summed E-state index contributed by atoms with van der Waals surface area (Å²) in [6.45, 7) is 6.04. The predicted molar refractivity (Wildman–Crippen MR) is 65.6 cm³/mol. The van der Waals surface area contributed by atoms with Gasteiger partial charge < -0.3 is 4.90 Å². The minimum Gasteiger partial charge on any atom is -0.304 e. The second-order valence-corrected chi connectivity index (χ2v) is 7.06. The van der Waals surface area contributed by atoms with E-state index in [0.29, 0.717) is 12.5 Å². The molecule has 0 aromatic heterocycles. The van der Waals surface area contributed by atoms with E-state index in [1.54, 1.807) is 0 Å². The van der Waals surface area contributed by atoms with Crippen molar-refractivity contribution >= 4 is 26.0 Å². The van der Waals surface area contributed by atoms with Gasteiger partial charge in [0, 0.05) is 6.54 Å². The topological polar surface area (TPSA) is 49.4 Å². The van der Waals surface area contributed by atoms with E-state index < -0.39 is 10.0 Å². The smallest absolute Gasteiger partial charge is 0.221 e. The number of nitrogens with zero attached hydrogens (tertiary/aromatic N) is 1. The van der Waals surface area contributed by atoms with Crippen LogP contribution in [0.2, 0.25) is 0 Å². The molecular weight excluding hydrogens is 280 g/mol. The second-order valence-electron chi connectivity index (χ2n) is 3.95. The summed E-state index contributed by atoms with van der Waals surface area (Å²) >= 11 is 2.96. The van der Waals surface area contributed by atoms with E-state index >= 15 is 0 Å². The fourth-order valence-corrected chi connectivity index (χ4v) is 2.84. The molecule has 90 valence electrons. The van der Waals surface area contributed by atoms with Crippen LogP contribution < -0.4 is 4.72 Å². The third-order valence-corrected chi connectivity index (χ3v) is 5.59. The molecule has 1 N–H and O–H groups in total. The Labute approximate surface area is 101 Å². The lowest BCUT2D eigenvalue weighted by Crippen LogP contribution is -2.38. The molecule has 1 fully saturated rings. The quantitative estimate of drug-likeness (QED) is 0.770. The van der Waals surface area contributed by atoms with Crippen molar-refractivity contribution in [3.8, 4) is 0 Å². The first-order valence-electron chi connectivity index (χ1n) is 5.33. The van der Waals surface area contributed by atoms with Gasteiger partial charge >= 0.3 is 0 Å². The van der Waals surface area contributed by atoms with Gasteiger partial charge in [-0.1, -0.05) is 22.9 Å². The summed E-state index contributed by atoms with van der Waals surface area (Å²) in [6, 6.07) is 0. The first kappa shape index (κ1) is 13.4. The van der Waals surface area contributed by atoms with Crippen molar-refractivity contribution in [2.75, 3.05) is 30.8 Å². The third-order valence-electron chi connectivity index (χ3n) is 2.89. The zero-order valence-corrected chi connectivity index (χ0v) is 11.5. The molecule has 1 heterocycles. The van der Waals surface area contributed by atoms with Crippen molar-refractivity contribution in [2.45, 2.75) is 19.8 Å². The van der Waals surface area contributed by atoms with Gasteiger partial charge in [-0.25, -0.2) is 13.1 Å². The van der Waals surface area contributed by atoms with Crippen molar-refractivity contribution in [2.24, 2.45) is 5.92 Å². The highest BCUT2D eigenvalue weighted by Crippen LogP contribution is 2.16. The summed E-state index contributed by atoms with van der Waals surface area (Å²) in [7, 11) is -3.08. The highest BCUT2D eigenvalue weighted by atomic mass is 79.9. The predicted octanol–water partition coefficient (Wildman–Crippen LogP) is 0.990. The Kier molecular flexibility index (Phi) is 5.52. The van der Waals surface area contributed by atoms with Gasteiger partial charge in [0.25, 0.3) is 0 Å². The Bertz CT molecular complexity index is 274. The first-order valence-corrected chi connectivity index (χ1v) is 8.10. The van der Waals surface area contributed by atoms with Crippen LogP contribution in [-0.4, -0.2) is 44.2 Å². The molecular formula is C9H19BrN2O2S. The zero-order chi connectivity index (χ0) is 11.3. The number of piperidine rings is 1. The normalized spacial score (nSPS) is 20.7. The molecule has 0 radical (unpaired) electrons. The Hall–Kier alpha value is 0.350. The van der Waals surface area contributed by atoms with Gasteiger partial charge in [0.1, 0.15) is 4.66 Å². The summed E-state index contributed by atoms with van der Waals surface area (Å²) in [5, 5.41) is 0. The Morgan fingerprint density at radius 1 is 1.40 bits per heavy atom. The summed E-state index contributed by atoms with van der Waals surface area (Å²) in [5.41, 5.74) is 0. The second kappa shape index (κ2) is 6.18. The average molecular weight is 299 g/mol. The maximum absolute atomic E-state index is 11.2. The first-order chi connectivity index (χ1) is 7.07. The van der Waals surface area contributed by atoms with Gasteiger partial charge in [-0.2, -0.15) is 0 Å². The molecule has 0 unspecified atom stereocenters. The number of hydrogen-bond acceptors (Lipinski definition) is 3. The molecule has 0 amide bonds. The van der Waals surface area contributed by atoms with Gasteiger partial charge in [0.05, 0.1) is 0 Å². The Morgan fingerprint density at radius 2 is 2.00 bits per heavy atom. The van der Waals surface area contributed by atoms with E-state index in [4.69, 9.17) is 0 Å². The molecule has 0 aromatic rings. The lowest BCUT2D eigenvalue weighted by Gasteiger charge is -2.30. The highest BCUT2D eigenvalue weighted by Gasteiger charge is 2.19. The summed E-state index contributed by atoms with van der Waals surface area (Å²) < 4.78 is 25.0. The highest BCUT2D eigenvalue weighted by molar-refractivity contribution is 9.10. The molecule has 1 saturated heterocycles. The van der Waals surface area contributed by atoms with Crippen LogP contribution in [0.1, 0.15) is 19.8 Å². The van der Waals surface area contributed by atoms with E-state index in [0.717, 1.165) is 32.5 Å². The third kappa shape index (κ3) is 4.80. The van der Waals surface area contributed by atoms with Crippen molar-refractivity contribution in [1.82, 2.24) is 9.62 Å². The minimum absolute atomic E-state index is 0.00615. The Morgan fingerprint density at radius 3 is 2.47 bits per heavy atom. The number of rotatable bonds is 5. The van der Waals surface area contributed by atoms with Crippen LogP contribution in [0.5, 0.6) is 0 Å². The maximum Gasteiger partial charge on any atom is 0.221 e. The molecule has 1 aliphatic rings. The lowest BCUT2D eigenvalue weighted by molar-refractivity contribution is 0.194. The van der Waals surface area contributed by atoms with Crippen LogP contribution in [0.25, 0.3) is 0 Å². The van der Waals surface area contributed by atoms with Crippen LogP contribution in [0.15, 0.2) is 0 Å². The minimum atomic E-state index is -3.08. The molecule has 0 saturated carbocycles. The molecule has 0 aliphatic carbocycles. The van der Waals surface area contributed by atoms with Crippen molar-refractivity contribution < 1.29 is 8.42 Å². The van der Waals surface area contributed by atoms with Crippen LogP contribution in [0.3, 0.4) is 0 Å². The van der Waals surface area contributed by atoms with Gasteiger partial charge in [0.2, 0.25) is 10.0 Å². The van der Waals surface area contributed by atoms with E-state index in [9.17, 15) is 8.42 Å². The molecule has 1 aliphatic heterocycles. The number of alkyl halides is 1. The zero-order valence-electron chi connectivity index (χ0n) is 9.08. The van der Waals surface area contributed by atoms with Crippen LogP contribution in [0.4, 0.5) is 0 Å². The molecule has 6 heteroatoms. The summed E-state index contributed by atoms with van der Waals surface area (Å²) in [5.74, 6) is 0.502. The number of likely N-dealkylation sites (tertiary alicyclic amines) is 1. The molecule has 15 heavy (non-hydrogen) atoms. The van der Waals surface area contributed by atoms with Crippen LogP contribution >= 0.6 is 15.9 Å².